The monoisotopic (exact) mass is 245 g/mol. The van der Waals surface area contributed by atoms with Gasteiger partial charge in [0, 0.05) is 12.3 Å². The van der Waals surface area contributed by atoms with Gasteiger partial charge < -0.3 is 4.74 Å². The van der Waals surface area contributed by atoms with Gasteiger partial charge in [0.25, 0.3) is 0 Å². The first-order valence-corrected chi connectivity index (χ1v) is 4.66. The number of rotatable bonds is 3. The van der Waals surface area contributed by atoms with Gasteiger partial charge in [-0.15, -0.1) is 0 Å². The fraction of sp³-hybridized carbons (Fsp3) is 0.250. The number of nitrogens with one attached hydrogen (secondary N) is 1. The lowest BCUT2D eigenvalue weighted by atomic mass is 10.4. The molecule has 7 nitrogen and oxygen atoms in total. The summed E-state index contributed by atoms with van der Waals surface area (Å²) in [5.41, 5.74) is -0.388. The molecule has 0 atom stereocenters. The summed E-state index contributed by atoms with van der Waals surface area (Å²) in [6, 6.07) is 1.09. The van der Waals surface area contributed by atoms with E-state index in [9.17, 15) is 14.9 Å². The quantitative estimate of drug-likeness (QED) is 0.651. The second-order valence-electron chi connectivity index (χ2n) is 2.62. The molecule has 1 rings (SSSR count). The van der Waals surface area contributed by atoms with Gasteiger partial charge in [-0.1, -0.05) is 11.6 Å². The summed E-state index contributed by atoms with van der Waals surface area (Å²) < 4.78 is 4.57. The van der Waals surface area contributed by atoms with Crippen LogP contribution in [0.1, 0.15) is 6.92 Å². The molecule has 1 aromatic heterocycles. The van der Waals surface area contributed by atoms with Crippen molar-refractivity contribution in [2.75, 3.05) is 11.9 Å². The number of halogens is 1. The van der Waals surface area contributed by atoms with Gasteiger partial charge in [0.05, 0.1) is 16.6 Å². The van der Waals surface area contributed by atoms with Gasteiger partial charge in [0.15, 0.2) is 0 Å². The van der Waals surface area contributed by atoms with Gasteiger partial charge in [-0.05, 0) is 6.92 Å². The molecule has 1 heterocycles. The van der Waals surface area contributed by atoms with E-state index in [1.807, 2.05) is 0 Å². The molecule has 0 unspecified atom stereocenters. The number of nitro groups is 1. The zero-order chi connectivity index (χ0) is 12.1. The van der Waals surface area contributed by atoms with E-state index in [2.05, 4.69) is 15.0 Å². The Kier molecular flexibility index (Phi) is 4.01. The molecule has 0 aliphatic rings. The van der Waals surface area contributed by atoms with Crippen LogP contribution in [-0.2, 0) is 4.74 Å². The molecule has 8 heteroatoms. The summed E-state index contributed by atoms with van der Waals surface area (Å²) in [7, 11) is 0. The molecule has 0 aliphatic heterocycles. The maximum absolute atomic E-state index is 11.0. The van der Waals surface area contributed by atoms with Crippen LogP contribution in [0, 0.1) is 10.1 Å². The molecule has 0 aromatic carbocycles. The molecular weight excluding hydrogens is 238 g/mol. The molecule has 0 aliphatic carbocycles. The molecule has 16 heavy (non-hydrogen) atoms. The molecule has 86 valence electrons. The van der Waals surface area contributed by atoms with Crippen molar-refractivity contribution in [1.29, 1.82) is 0 Å². The Morgan fingerprint density at radius 3 is 3.00 bits per heavy atom. The van der Waals surface area contributed by atoms with Crippen LogP contribution >= 0.6 is 11.6 Å². The van der Waals surface area contributed by atoms with Crippen LogP contribution < -0.4 is 5.32 Å². The van der Waals surface area contributed by atoms with Gasteiger partial charge in [0.2, 0.25) is 5.82 Å². The summed E-state index contributed by atoms with van der Waals surface area (Å²) in [5.74, 6) is -0.201. The summed E-state index contributed by atoms with van der Waals surface area (Å²) in [6.45, 7) is 1.77. The van der Waals surface area contributed by atoms with E-state index in [1.165, 1.54) is 6.20 Å². The van der Waals surface area contributed by atoms with E-state index < -0.39 is 11.0 Å². The number of hydrogen-bond donors (Lipinski definition) is 1. The Balaban J connectivity index is 2.95. The minimum Gasteiger partial charge on any atom is -0.450 e. The Labute approximate surface area is 95.5 Å². The molecule has 0 fully saturated rings. The van der Waals surface area contributed by atoms with Crippen molar-refractivity contribution in [3.05, 3.63) is 27.4 Å². The van der Waals surface area contributed by atoms with Crippen molar-refractivity contribution in [2.45, 2.75) is 6.92 Å². The van der Waals surface area contributed by atoms with Crippen molar-refractivity contribution in [3.63, 3.8) is 0 Å². The lowest BCUT2D eigenvalue weighted by molar-refractivity contribution is -0.384. The number of pyridine rings is 1. The Morgan fingerprint density at radius 1 is 1.75 bits per heavy atom. The van der Waals surface area contributed by atoms with E-state index in [-0.39, 0.29) is 23.1 Å². The predicted molar refractivity (Wildman–Crippen MR) is 56.5 cm³/mol. The molecule has 0 spiro atoms. The topological polar surface area (TPSA) is 94.4 Å². The summed E-state index contributed by atoms with van der Waals surface area (Å²) in [6.07, 6.45) is 0.385. The molecule has 1 N–H and O–H groups in total. The minimum atomic E-state index is -0.805. The highest BCUT2D eigenvalue weighted by Crippen LogP contribution is 2.24. The third kappa shape index (κ3) is 3.06. The molecule has 0 saturated heterocycles. The van der Waals surface area contributed by atoms with Crippen molar-refractivity contribution in [1.82, 2.24) is 4.98 Å². The average molecular weight is 246 g/mol. The zero-order valence-corrected chi connectivity index (χ0v) is 9.02. The van der Waals surface area contributed by atoms with Crippen molar-refractivity contribution >= 4 is 29.2 Å². The smallest absolute Gasteiger partial charge is 0.412 e. The molecule has 0 saturated carbocycles. The molecule has 1 aromatic rings. The fourth-order valence-electron chi connectivity index (χ4n) is 0.928. The fourth-order valence-corrected chi connectivity index (χ4v) is 1.08. The van der Waals surface area contributed by atoms with Gasteiger partial charge >= 0.3 is 11.8 Å². The van der Waals surface area contributed by atoms with Crippen LogP contribution in [0.25, 0.3) is 0 Å². The summed E-state index contributed by atoms with van der Waals surface area (Å²) in [4.78, 5) is 24.6. The van der Waals surface area contributed by atoms with Crippen LogP contribution in [-0.4, -0.2) is 22.6 Å². The van der Waals surface area contributed by atoms with E-state index in [0.29, 0.717) is 0 Å². The van der Waals surface area contributed by atoms with Crippen molar-refractivity contribution in [2.24, 2.45) is 0 Å². The van der Waals surface area contributed by atoms with E-state index in [1.54, 1.807) is 6.92 Å². The standard InChI is InChI=1S/C8H8ClN3O4/c1-2-16-8(13)11-7-6(12(14)15)3-5(9)4-10-7/h3-4H,2H2,1H3,(H,10,11,13). The van der Waals surface area contributed by atoms with Gasteiger partial charge in [-0.2, -0.15) is 0 Å². The Morgan fingerprint density at radius 2 is 2.44 bits per heavy atom. The number of ether oxygens (including phenoxy) is 1. The van der Waals surface area contributed by atoms with Crippen LogP contribution in [0.15, 0.2) is 12.3 Å². The predicted octanol–water partition coefficient (Wildman–Crippen LogP) is 2.21. The van der Waals surface area contributed by atoms with E-state index in [0.717, 1.165) is 6.07 Å². The lowest BCUT2D eigenvalue weighted by Crippen LogP contribution is -2.15. The van der Waals surface area contributed by atoms with Gasteiger partial charge in [-0.3, -0.25) is 15.4 Å². The number of carbonyl (C=O) groups excluding carboxylic acids is 1. The molecular formula is C8H8ClN3O4. The molecule has 1 amide bonds. The Hall–Kier alpha value is -1.89. The van der Waals surface area contributed by atoms with Crippen molar-refractivity contribution < 1.29 is 14.5 Å². The zero-order valence-electron chi connectivity index (χ0n) is 8.27. The third-order valence-corrected chi connectivity index (χ3v) is 1.73. The second-order valence-corrected chi connectivity index (χ2v) is 3.06. The summed E-state index contributed by atoms with van der Waals surface area (Å²) >= 11 is 5.55. The van der Waals surface area contributed by atoms with Gasteiger partial charge in [-0.25, -0.2) is 9.78 Å². The highest BCUT2D eigenvalue weighted by molar-refractivity contribution is 6.30. The minimum absolute atomic E-state index is 0.112. The summed E-state index contributed by atoms with van der Waals surface area (Å²) in [5, 5.41) is 12.9. The first kappa shape index (κ1) is 12.2. The van der Waals surface area contributed by atoms with Crippen LogP contribution in [0.3, 0.4) is 0 Å². The highest BCUT2D eigenvalue weighted by Gasteiger charge is 2.18. The molecule has 0 bridgehead atoms. The van der Waals surface area contributed by atoms with Crippen LogP contribution in [0.2, 0.25) is 5.02 Å². The average Bonchev–Trinajstić information content (AvgIpc) is 2.20. The second kappa shape index (κ2) is 5.26. The lowest BCUT2D eigenvalue weighted by Gasteiger charge is -2.04. The number of amides is 1. The Bertz CT molecular complexity index is 424. The first-order valence-electron chi connectivity index (χ1n) is 4.28. The van der Waals surface area contributed by atoms with E-state index >= 15 is 0 Å². The van der Waals surface area contributed by atoms with E-state index in [4.69, 9.17) is 11.6 Å². The van der Waals surface area contributed by atoms with Crippen LogP contribution in [0.4, 0.5) is 16.3 Å². The number of hydrogen-bond acceptors (Lipinski definition) is 5. The largest absolute Gasteiger partial charge is 0.450 e. The normalized spacial score (nSPS) is 9.62. The number of anilines is 1. The third-order valence-electron chi connectivity index (χ3n) is 1.53. The SMILES string of the molecule is CCOC(=O)Nc1ncc(Cl)cc1[N+](=O)[O-]. The maximum atomic E-state index is 11.0. The van der Waals surface area contributed by atoms with Crippen molar-refractivity contribution in [3.8, 4) is 0 Å². The number of nitrogens with zero attached hydrogens (tertiary/aromatic N) is 2. The highest BCUT2D eigenvalue weighted by atomic mass is 35.5. The van der Waals surface area contributed by atoms with Crippen LogP contribution in [0.5, 0.6) is 0 Å². The number of aromatic nitrogens is 1. The van der Waals surface area contributed by atoms with Gasteiger partial charge in [0.1, 0.15) is 0 Å². The number of carbonyl (C=O) groups is 1. The maximum Gasteiger partial charge on any atom is 0.412 e. The molecule has 0 radical (unpaired) electrons. The first-order chi connectivity index (χ1) is 7.54.